The summed E-state index contributed by atoms with van der Waals surface area (Å²) < 4.78 is 7.40. The highest BCUT2D eigenvalue weighted by Gasteiger charge is 2.34. The van der Waals surface area contributed by atoms with Crippen molar-refractivity contribution in [3.05, 3.63) is 69.8 Å². The number of hydrogen-bond acceptors (Lipinski definition) is 4. The summed E-state index contributed by atoms with van der Waals surface area (Å²) in [7, 11) is 0. The Bertz CT molecular complexity index is 885. The van der Waals surface area contributed by atoms with Crippen LogP contribution in [0.25, 0.3) is 5.70 Å². The predicted octanol–water partition coefficient (Wildman–Crippen LogP) is 2.07. The Morgan fingerprint density at radius 3 is 2.73 bits per heavy atom. The second-order valence-electron chi connectivity index (χ2n) is 5.61. The molecule has 0 amide bonds. The van der Waals surface area contributed by atoms with E-state index in [1.54, 1.807) is 36.5 Å². The molecule has 0 bridgehead atoms. The van der Waals surface area contributed by atoms with Crippen molar-refractivity contribution < 1.29 is 4.74 Å². The predicted molar refractivity (Wildman–Crippen MR) is 83.1 cm³/mol. The molecule has 0 radical (unpaired) electrons. The van der Waals surface area contributed by atoms with Crippen molar-refractivity contribution >= 4 is 5.70 Å². The maximum Gasteiger partial charge on any atom is 0.255 e. The van der Waals surface area contributed by atoms with E-state index in [9.17, 15) is 4.79 Å². The smallest absolute Gasteiger partial charge is 0.255 e. The summed E-state index contributed by atoms with van der Waals surface area (Å²) in [6.45, 7) is 3.69. The molecule has 22 heavy (non-hydrogen) atoms. The Hall–Kier alpha value is -3.00. The van der Waals surface area contributed by atoms with Gasteiger partial charge in [-0.05, 0) is 38.1 Å². The minimum atomic E-state index is -0.744. The molecule has 2 aromatic rings. The van der Waals surface area contributed by atoms with Gasteiger partial charge in [-0.1, -0.05) is 6.07 Å². The normalized spacial score (nSPS) is 15.7. The average Bonchev–Trinajstić information content (AvgIpc) is 2.49. The maximum absolute atomic E-state index is 12.2. The minimum absolute atomic E-state index is 0.188. The van der Waals surface area contributed by atoms with Gasteiger partial charge in [0.15, 0.2) is 0 Å². The molecule has 5 nitrogen and oxygen atoms in total. The van der Waals surface area contributed by atoms with Gasteiger partial charge in [-0.2, -0.15) is 5.26 Å². The van der Waals surface area contributed by atoms with Crippen molar-refractivity contribution in [1.82, 2.24) is 4.57 Å². The molecular weight excluding hydrogens is 278 g/mol. The van der Waals surface area contributed by atoms with Crippen molar-refractivity contribution in [2.45, 2.75) is 19.4 Å². The van der Waals surface area contributed by atoms with Gasteiger partial charge in [0.1, 0.15) is 11.4 Å². The molecule has 0 unspecified atom stereocenters. The van der Waals surface area contributed by atoms with Gasteiger partial charge >= 0.3 is 0 Å². The van der Waals surface area contributed by atoms with Gasteiger partial charge < -0.3 is 10.5 Å². The number of benzene rings is 1. The Balaban J connectivity index is 2.37. The van der Waals surface area contributed by atoms with Crippen LogP contribution in [0.2, 0.25) is 0 Å². The maximum atomic E-state index is 12.2. The van der Waals surface area contributed by atoms with E-state index in [1.807, 2.05) is 13.8 Å². The molecule has 3 rings (SSSR count). The van der Waals surface area contributed by atoms with Crippen LogP contribution in [0, 0.1) is 11.3 Å². The highest BCUT2D eigenvalue weighted by molar-refractivity contribution is 5.77. The van der Waals surface area contributed by atoms with Crippen LogP contribution in [-0.4, -0.2) is 10.2 Å². The average molecular weight is 293 g/mol. The molecule has 0 fully saturated rings. The molecule has 2 N–H and O–H groups in total. The lowest BCUT2D eigenvalue weighted by Gasteiger charge is -2.35. The molecular formula is C17H15N3O2. The number of nitrogens with zero attached hydrogens (tertiary/aromatic N) is 2. The number of ether oxygens (including phenoxy) is 1. The second kappa shape index (κ2) is 4.78. The Labute approximate surface area is 127 Å². The third-order valence-electron chi connectivity index (χ3n) is 3.70. The lowest BCUT2D eigenvalue weighted by Crippen LogP contribution is -2.40. The van der Waals surface area contributed by atoms with Crippen LogP contribution in [0.15, 0.2) is 53.1 Å². The number of hydrogen-bond donors (Lipinski definition) is 1. The largest absolute Gasteiger partial charge is 0.481 e. The number of rotatable bonds is 1. The van der Waals surface area contributed by atoms with Gasteiger partial charge in [0.2, 0.25) is 0 Å². The van der Waals surface area contributed by atoms with E-state index in [0.717, 1.165) is 0 Å². The van der Waals surface area contributed by atoms with E-state index in [-0.39, 0.29) is 5.56 Å². The second-order valence-corrected chi connectivity index (χ2v) is 5.61. The van der Waals surface area contributed by atoms with Crippen LogP contribution >= 0.6 is 0 Å². The number of fused-ring (bicyclic) bond motifs is 1. The molecule has 5 heteroatoms. The fraction of sp³-hybridized carbons (Fsp3) is 0.176. The first kappa shape index (κ1) is 14.0. The summed E-state index contributed by atoms with van der Waals surface area (Å²) in [4.78, 5) is 12.2. The quantitative estimate of drug-likeness (QED) is 0.872. The van der Waals surface area contributed by atoms with Gasteiger partial charge in [-0.15, -0.1) is 0 Å². The van der Waals surface area contributed by atoms with E-state index in [1.165, 1.54) is 10.6 Å². The number of aromatic nitrogens is 1. The first-order valence-electron chi connectivity index (χ1n) is 6.86. The third kappa shape index (κ3) is 2.06. The standard InChI is InChI=1S/C17H15N3O2/c1-17(2)16(19)15(20-8-4-3-5-14(20)21)12-9-11(10-18)6-7-13(12)22-17/h3-9H,19H2,1-2H3. The molecule has 0 spiro atoms. The van der Waals surface area contributed by atoms with Crippen molar-refractivity contribution in [3.8, 4) is 11.8 Å². The van der Waals surface area contributed by atoms with E-state index in [0.29, 0.717) is 28.3 Å². The monoisotopic (exact) mass is 293 g/mol. The fourth-order valence-corrected chi connectivity index (χ4v) is 2.51. The van der Waals surface area contributed by atoms with E-state index in [4.69, 9.17) is 15.7 Å². The molecule has 0 atom stereocenters. The van der Waals surface area contributed by atoms with Crippen molar-refractivity contribution in [2.75, 3.05) is 0 Å². The molecule has 110 valence electrons. The number of nitriles is 1. The van der Waals surface area contributed by atoms with Crippen molar-refractivity contribution in [2.24, 2.45) is 5.73 Å². The van der Waals surface area contributed by atoms with Crippen molar-refractivity contribution in [3.63, 3.8) is 0 Å². The van der Waals surface area contributed by atoms with Crippen LogP contribution in [0.4, 0.5) is 0 Å². The first-order chi connectivity index (χ1) is 10.4. The molecule has 0 saturated heterocycles. The third-order valence-corrected chi connectivity index (χ3v) is 3.70. The van der Waals surface area contributed by atoms with E-state index >= 15 is 0 Å². The van der Waals surface area contributed by atoms with Crippen molar-refractivity contribution in [1.29, 1.82) is 5.26 Å². The molecule has 0 aliphatic carbocycles. The van der Waals surface area contributed by atoms with Gasteiger partial charge in [-0.3, -0.25) is 9.36 Å². The zero-order valence-electron chi connectivity index (χ0n) is 12.3. The topological polar surface area (TPSA) is 81.0 Å². The Morgan fingerprint density at radius 1 is 1.27 bits per heavy atom. The summed E-state index contributed by atoms with van der Waals surface area (Å²) >= 11 is 0. The SMILES string of the molecule is CC1(C)Oc2ccc(C#N)cc2C(n2ccccc2=O)=C1N. The van der Waals surface area contributed by atoms with Crippen LogP contribution in [0.1, 0.15) is 25.0 Å². The molecule has 0 saturated carbocycles. The minimum Gasteiger partial charge on any atom is -0.481 e. The molecule has 1 aromatic heterocycles. The van der Waals surface area contributed by atoms with Gasteiger partial charge in [-0.25, -0.2) is 0 Å². The Morgan fingerprint density at radius 2 is 2.05 bits per heavy atom. The highest BCUT2D eigenvalue weighted by atomic mass is 16.5. The molecule has 2 heterocycles. The van der Waals surface area contributed by atoms with Gasteiger partial charge in [0.25, 0.3) is 5.56 Å². The highest BCUT2D eigenvalue weighted by Crippen LogP contribution is 2.39. The zero-order valence-corrected chi connectivity index (χ0v) is 12.3. The number of nitrogens with two attached hydrogens (primary N) is 1. The lowest BCUT2D eigenvalue weighted by molar-refractivity contribution is 0.142. The zero-order chi connectivity index (χ0) is 15.9. The lowest BCUT2D eigenvalue weighted by atomic mass is 9.94. The summed E-state index contributed by atoms with van der Waals surface area (Å²) in [5, 5.41) is 9.11. The van der Waals surface area contributed by atoms with Crippen LogP contribution in [0.5, 0.6) is 5.75 Å². The van der Waals surface area contributed by atoms with Gasteiger partial charge in [0, 0.05) is 17.8 Å². The summed E-state index contributed by atoms with van der Waals surface area (Å²) in [6, 6.07) is 12.1. The van der Waals surface area contributed by atoms with Crippen LogP contribution in [0.3, 0.4) is 0 Å². The number of pyridine rings is 1. The molecule has 1 aromatic carbocycles. The summed E-state index contributed by atoms with van der Waals surface area (Å²) in [5.41, 5.74) is 7.48. The van der Waals surface area contributed by atoms with E-state index < -0.39 is 5.60 Å². The molecule has 1 aliphatic heterocycles. The summed E-state index contributed by atoms with van der Waals surface area (Å²) in [6.07, 6.45) is 1.66. The van der Waals surface area contributed by atoms with Crippen LogP contribution in [-0.2, 0) is 0 Å². The summed E-state index contributed by atoms with van der Waals surface area (Å²) in [5.74, 6) is 0.601. The van der Waals surface area contributed by atoms with Gasteiger partial charge in [0.05, 0.1) is 23.0 Å². The van der Waals surface area contributed by atoms with Crippen LogP contribution < -0.4 is 16.0 Å². The molecule has 1 aliphatic rings. The fourth-order valence-electron chi connectivity index (χ4n) is 2.51. The Kier molecular flexibility index (Phi) is 3.03. The van der Waals surface area contributed by atoms with E-state index in [2.05, 4.69) is 6.07 Å². The first-order valence-corrected chi connectivity index (χ1v) is 6.86.